The van der Waals surface area contributed by atoms with Crippen molar-refractivity contribution in [3.63, 3.8) is 0 Å². The number of aliphatic hydroxyl groups is 1. The SMILES string of the molecule is C[C@H](Nc1ncc2ccc(=O)n(CC(C)(C)C)c2n1)c1ccc(C(=O)N2CCC(O)CC2)cc1. The molecule has 1 atom stereocenters. The van der Waals surface area contributed by atoms with E-state index in [1.807, 2.05) is 31.2 Å². The first-order valence-corrected chi connectivity index (χ1v) is 11.8. The summed E-state index contributed by atoms with van der Waals surface area (Å²) in [5, 5.41) is 13.8. The highest BCUT2D eigenvalue weighted by molar-refractivity contribution is 5.94. The van der Waals surface area contributed by atoms with Crippen molar-refractivity contribution in [2.75, 3.05) is 18.4 Å². The van der Waals surface area contributed by atoms with Gasteiger partial charge in [-0.3, -0.25) is 14.2 Å². The molecular weight excluding hydrogens is 430 g/mol. The van der Waals surface area contributed by atoms with Crippen LogP contribution in [0.2, 0.25) is 0 Å². The molecular formula is C26H33N5O3. The van der Waals surface area contributed by atoms with E-state index in [0.29, 0.717) is 49.6 Å². The van der Waals surface area contributed by atoms with Gasteiger partial charge in [0.1, 0.15) is 5.65 Å². The van der Waals surface area contributed by atoms with E-state index in [-0.39, 0.29) is 29.0 Å². The molecule has 1 aromatic carbocycles. The van der Waals surface area contributed by atoms with E-state index < -0.39 is 0 Å². The summed E-state index contributed by atoms with van der Waals surface area (Å²) in [6, 6.07) is 10.7. The number of benzene rings is 1. The van der Waals surface area contributed by atoms with Crippen molar-refractivity contribution in [1.82, 2.24) is 19.4 Å². The molecule has 34 heavy (non-hydrogen) atoms. The molecule has 0 bridgehead atoms. The number of nitrogens with zero attached hydrogens (tertiary/aromatic N) is 4. The average Bonchev–Trinajstić information content (AvgIpc) is 2.80. The number of pyridine rings is 1. The Morgan fingerprint density at radius 1 is 1.15 bits per heavy atom. The normalized spacial score (nSPS) is 16.0. The first-order chi connectivity index (χ1) is 16.1. The van der Waals surface area contributed by atoms with Gasteiger partial charge in [0, 0.05) is 42.8 Å². The van der Waals surface area contributed by atoms with E-state index in [1.54, 1.807) is 27.8 Å². The van der Waals surface area contributed by atoms with Gasteiger partial charge in [-0.05, 0) is 48.9 Å². The van der Waals surface area contributed by atoms with E-state index in [4.69, 9.17) is 0 Å². The standard InChI is InChI=1S/C26H33N5O3/c1-17(18-5-7-19(8-6-18)24(34)30-13-11-21(32)12-14-30)28-25-27-15-20-9-10-22(33)31(23(20)29-25)16-26(2,3)4/h5-10,15,17,21,32H,11-14,16H2,1-4H3,(H,27,28,29)/t17-/m0/s1. The molecule has 1 saturated heterocycles. The number of fused-ring (bicyclic) bond motifs is 1. The lowest BCUT2D eigenvalue weighted by Crippen LogP contribution is -2.40. The highest BCUT2D eigenvalue weighted by Crippen LogP contribution is 2.22. The van der Waals surface area contributed by atoms with Crippen LogP contribution in [0.3, 0.4) is 0 Å². The lowest BCUT2D eigenvalue weighted by molar-refractivity contribution is 0.0546. The van der Waals surface area contributed by atoms with Gasteiger partial charge in [0.05, 0.1) is 12.1 Å². The number of likely N-dealkylation sites (tertiary alicyclic amines) is 1. The summed E-state index contributed by atoms with van der Waals surface area (Å²) >= 11 is 0. The second-order valence-electron chi connectivity index (χ2n) is 10.3. The van der Waals surface area contributed by atoms with Gasteiger partial charge in [-0.25, -0.2) is 4.98 Å². The fourth-order valence-corrected chi connectivity index (χ4v) is 4.21. The molecule has 8 nitrogen and oxygen atoms in total. The summed E-state index contributed by atoms with van der Waals surface area (Å²) < 4.78 is 1.70. The fourth-order valence-electron chi connectivity index (χ4n) is 4.21. The fraction of sp³-hybridized carbons (Fsp3) is 0.462. The van der Waals surface area contributed by atoms with Gasteiger partial charge >= 0.3 is 0 Å². The summed E-state index contributed by atoms with van der Waals surface area (Å²) in [4.78, 5) is 36.2. The molecule has 0 saturated carbocycles. The summed E-state index contributed by atoms with van der Waals surface area (Å²) in [6.45, 7) is 9.99. The predicted octanol–water partition coefficient (Wildman–Crippen LogP) is 3.61. The highest BCUT2D eigenvalue weighted by Gasteiger charge is 2.22. The molecule has 1 aliphatic rings. The smallest absolute Gasteiger partial charge is 0.253 e. The van der Waals surface area contributed by atoms with Crippen LogP contribution in [-0.2, 0) is 6.54 Å². The Bertz CT molecular complexity index is 1220. The number of carbonyl (C=O) groups is 1. The molecule has 1 amide bonds. The average molecular weight is 464 g/mol. The molecule has 0 radical (unpaired) electrons. The maximum absolute atomic E-state index is 12.7. The second-order valence-corrected chi connectivity index (χ2v) is 10.3. The van der Waals surface area contributed by atoms with Gasteiger partial charge in [0.2, 0.25) is 5.95 Å². The number of aromatic nitrogens is 3. The molecule has 0 spiro atoms. The van der Waals surface area contributed by atoms with Crippen LogP contribution in [0.1, 0.15) is 62.5 Å². The number of anilines is 1. The Morgan fingerprint density at radius 3 is 2.47 bits per heavy atom. The van der Waals surface area contributed by atoms with Crippen molar-refractivity contribution in [2.24, 2.45) is 5.41 Å². The highest BCUT2D eigenvalue weighted by atomic mass is 16.3. The third-order valence-corrected chi connectivity index (χ3v) is 6.11. The third-order valence-electron chi connectivity index (χ3n) is 6.11. The molecule has 2 N–H and O–H groups in total. The van der Waals surface area contributed by atoms with Crippen molar-refractivity contribution < 1.29 is 9.90 Å². The quantitative estimate of drug-likeness (QED) is 0.600. The number of aliphatic hydroxyl groups excluding tert-OH is 1. The summed E-state index contributed by atoms with van der Waals surface area (Å²) in [5.41, 5.74) is 2.09. The second kappa shape index (κ2) is 9.54. The van der Waals surface area contributed by atoms with Crippen LogP contribution in [0.15, 0.2) is 47.4 Å². The van der Waals surface area contributed by atoms with E-state index in [0.717, 1.165) is 10.9 Å². The van der Waals surface area contributed by atoms with Gasteiger partial charge in [0.15, 0.2) is 0 Å². The third kappa shape index (κ3) is 5.44. The molecule has 8 heteroatoms. The van der Waals surface area contributed by atoms with Crippen LogP contribution in [0, 0.1) is 5.41 Å². The predicted molar refractivity (Wildman–Crippen MR) is 133 cm³/mol. The van der Waals surface area contributed by atoms with Gasteiger partial charge in [0.25, 0.3) is 11.5 Å². The lowest BCUT2D eigenvalue weighted by atomic mass is 9.97. The zero-order valence-electron chi connectivity index (χ0n) is 20.3. The summed E-state index contributed by atoms with van der Waals surface area (Å²) in [7, 11) is 0. The van der Waals surface area contributed by atoms with E-state index in [2.05, 4.69) is 36.1 Å². The number of amides is 1. The number of rotatable bonds is 5. The number of nitrogens with one attached hydrogen (secondary N) is 1. The van der Waals surface area contributed by atoms with Crippen LogP contribution in [0.25, 0.3) is 11.0 Å². The summed E-state index contributed by atoms with van der Waals surface area (Å²) in [6.07, 6.45) is 2.67. The molecule has 0 aliphatic carbocycles. The minimum atomic E-state index is -0.307. The topological polar surface area (TPSA) is 100 Å². The van der Waals surface area contributed by atoms with Crippen molar-refractivity contribution in [1.29, 1.82) is 0 Å². The Hall–Kier alpha value is -3.26. The number of hydrogen-bond acceptors (Lipinski definition) is 6. The summed E-state index contributed by atoms with van der Waals surface area (Å²) in [5.74, 6) is 0.439. The molecule has 3 heterocycles. The maximum atomic E-state index is 12.7. The van der Waals surface area contributed by atoms with E-state index in [1.165, 1.54) is 0 Å². The zero-order valence-corrected chi connectivity index (χ0v) is 20.3. The lowest BCUT2D eigenvalue weighted by Gasteiger charge is -2.29. The van der Waals surface area contributed by atoms with Crippen LogP contribution < -0.4 is 10.9 Å². The molecule has 2 aromatic heterocycles. The molecule has 1 fully saturated rings. The van der Waals surface area contributed by atoms with E-state index in [9.17, 15) is 14.7 Å². The molecule has 1 aliphatic heterocycles. The van der Waals surface area contributed by atoms with Crippen LogP contribution in [0.4, 0.5) is 5.95 Å². The first kappa shape index (κ1) is 23.9. The van der Waals surface area contributed by atoms with Crippen molar-refractivity contribution in [3.8, 4) is 0 Å². The Balaban J connectivity index is 1.50. The van der Waals surface area contributed by atoms with Crippen molar-refractivity contribution in [3.05, 3.63) is 64.1 Å². The number of carbonyl (C=O) groups excluding carboxylic acids is 1. The Labute approximate surface area is 199 Å². The van der Waals surface area contributed by atoms with Crippen LogP contribution in [-0.4, -0.2) is 49.6 Å². The Morgan fingerprint density at radius 2 is 1.82 bits per heavy atom. The maximum Gasteiger partial charge on any atom is 0.253 e. The van der Waals surface area contributed by atoms with Crippen LogP contribution in [0.5, 0.6) is 0 Å². The molecule has 4 rings (SSSR count). The van der Waals surface area contributed by atoms with E-state index >= 15 is 0 Å². The number of hydrogen-bond donors (Lipinski definition) is 2. The van der Waals surface area contributed by atoms with Crippen molar-refractivity contribution >= 4 is 22.9 Å². The minimum Gasteiger partial charge on any atom is -0.393 e. The van der Waals surface area contributed by atoms with Gasteiger partial charge in [-0.15, -0.1) is 0 Å². The monoisotopic (exact) mass is 463 g/mol. The first-order valence-electron chi connectivity index (χ1n) is 11.8. The minimum absolute atomic E-state index is 0.00579. The largest absolute Gasteiger partial charge is 0.393 e. The molecule has 0 unspecified atom stereocenters. The van der Waals surface area contributed by atoms with Crippen molar-refractivity contribution in [2.45, 2.75) is 59.2 Å². The molecule has 3 aromatic rings. The molecule has 180 valence electrons. The van der Waals surface area contributed by atoms with Gasteiger partial charge in [-0.1, -0.05) is 32.9 Å². The Kier molecular flexibility index (Phi) is 6.70. The zero-order chi connectivity index (χ0) is 24.5. The van der Waals surface area contributed by atoms with Crippen LogP contribution >= 0.6 is 0 Å². The van der Waals surface area contributed by atoms with Gasteiger partial charge in [-0.2, -0.15) is 4.98 Å². The number of piperidine rings is 1. The van der Waals surface area contributed by atoms with Gasteiger partial charge < -0.3 is 15.3 Å².